The molecule has 1 amide bonds. The summed E-state index contributed by atoms with van der Waals surface area (Å²) in [4.78, 5) is 24.5. The standard InChI is InChI=1S/C13H15NO4/c15-11-5-7-14(8-6-11)12(16)9-1-3-10(4-2-9)13(17)18/h1-4,11,15H,5-8H2,(H,17,18). The number of hydrogen-bond donors (Lipinski definition) is 2. The number of likely N-dealkylation sites (tertiary alicyclic amines) is 1. The Kier molecular flexibility index (Phi) is 3.62. The van der Waals surface area contributed by atoms with Gasteiger partial charge in [-0.1, -0.05) is 0 Å². The molecule has 5 nitrogen and oxygen atoms in total. The molecule has 0 spiro atoms. The van der Waals surface area contributed by atoms with Crippen LogP contribution in [0, 0.1) is 0 Å². The van der Waals surface area contributed by atoms with E-state index in [-0.39, 0.29) is 17.6 Å². The van der Waals surface area contributed by atoms with E-state index < -0.39 is 5.97 Å². The normalized spacial score (nSPS) is 16.6. The van der Waals surface area contributed by atoms with Crippen molar-refractivity contribution >= 4 is 11.9 Å². The molecule has 1 aliphatic heterocycles. The number of amides is 1. The van der Waals surface area contributed by atoms with Crippen LogP contribution >= 0.6 is 0 Å². The number of rotatable bonds is 2. The molecule has 0 aliphatic carbocycles. The van der Waals surface area contributed by atoms with E-state index in [1.165, 1.54) is 24.3 Å². The fraction of sp³-hybridized carbons (Fsp3) is 0.385. The van der Waals surface area contributed by atoms with Gasteiger partial charge in [-0.25, -0.2) is 4.79 Å². The first-order valence-electron chi connectivity index (χ1n) is 5.88. The number of carboxylic acid groups (broad SMARTS) is 1. The Morgan fingerprint density at radius 1 is 1.06 bits per heavy atom. The number of hydrogen-bond acceptors (Lipinski definition) is 3. The Morgan fingerprint density at radius 3 is 2.06 bits per heavy atom. The molecule has 18 heavy (non-hydrogen) atoms. The number of piperidine rings is 1. The van der Waals surface area contributed by atoms with Gasteiger partial charge in [0.1, 0.15) is 0 Å². The van der Waals surface area contributed by atoms with Crippen molar-refractivity contribution in [3.63, 3.8) is 0 Å². The SMILES string of the molecule is O=C(O)c1ccc(C(=O)N2CCC(O)CC2)cc1. The zero-order chi connectivity index (χ0) is 13.1. The van der Waals surface area contributed by atoms with Crippen molar-refractivity contribution in [2.45, 2.75) is 18.9 Å². The third kappa shape index (κ3) is 2.68. The van der Waals surface area contributed by atoms with E-state index in [9.17, 15) is 14.7 Å². The van der Waals surface area contributed by atoms with Gasteiger partial charge in [-0.3, -0.25) is 4.79 Å². The van der Waals surface area contributed by atoms with Crippen molar-refractivity contribution in [3.05, 3.63) is 35.4 Å². The van der Waals surface area contributed by atoms with Crippen LogP contribution in [-0.2, 0) is 0 Å². The number of carbonyl (C=O) groups is 2. The Labute approximate surface area is 105 Å². The molecule has 0 radical (unpaired) electrons. The van der Waals surface area contributed by atoms with Crippen LogP contribution in [0.4, 0.5) is 0 Å². The summed E-state index contributed by atoms with van der Waals surface area (Å²) in [6.07, 6.45) is 0.876. The van der Waals surface area contributed by atoms with Gasteiger partial charge >= 0.3 is 5.97 Å². The topological polar surface area (TPSA) is 77.8 Å². The van der Waals surface area contributed by atoms with E-state index in [1.807, 2.05) is 0 Å². The van der Waals surface area contributed by atoms with E-state index in [0.29, 0.717) is 31.5 Å². The van der Waals surface area contributed by atoms with Crippen molar-refractivity contribution in [1.82, 2.24) is 4.90 Å². The van der Waals surface area contributed by atoms with Gasteiger partial charge in [-0.2, -0.15) is 0 Å². The number of benzene rings is 1. The zero-order valence-electron chi connectivity index (χ0n) is 9.87. The highest BCUT2D eigenvalue weighted by molar-refractivity contribution is 5.95. The molecule has 1 aromatic rings. The van der Waals surface area contributed by atoms with Crippen LogP contribution in [0.3, 0.4) is 0 Å². The molecular weight excluding hydrogens is 234 g/mol. The number of carboxylic acids is 1. The summed E-state index contributed by atoms with van der Waals surface area (Å²) < 4.78 is 0. The molecule has 1 aliphatic rings. The minimum Gasteiger partial charge on any atom is -0.478 e. The first-order valence-corrected chi connectivity index (χ1v) is 5.88. The highest BCUT2D eigenvalue weighted by Gasteiger charge is 2.22. The predicted molar refractivity (Wildman–Crippen MR) is 64.5 cm³/mol. The van der Waals surface area contributed by atoms with E-state index >= 15 is 0 Å². The lowest BCUT2D eigenvalue weighted by molar-refractivity contribution is 0.0545. The smallest absolute Gasteiger partial charge is 0.335 e. The highest BCUT2D eigenvalue weighted by Crippen LogP contribution is 2.14. The quantitative estimate of drug-likeness (QED) is 0.819. The molecule has 1 aromatic carbocycles. The lowest BCUT2D eigenvalue weighted by Gasteiger charge is -2.29. The molecule has 5 heteroatoms. The van der Waals surface area contributed by atoms with Crippen LogP contribution in [0.5, 0.6) is 0 Å². The number of nitrogens with zero attached hydrogens (tertiary/aromatic N) is 1. The molecule has 0 atom stereocenters. The van der Waals surface area contributed by atoms with E-state index in [1.54, 1.807) is 4.90 Å². The molecule has 1 fully saturated rings. The van der Waals surface area contributed by atoms with Gasteiger partial charge in [0.25, 0.3) is 5.91 Å². The summed E-state index contributed by atoms with van der Waals surface area (Å²) in [6, 6.07) is 5.90. The molecule has 2 rings (SSSR count). The number of aliphatic hydroxyl groups excluding tert-OH is 1. The van der Waals surface area contributed by atoms with Gasteiger partial charge in [0.05, 0.1) is 11.7 Å². The Morgan fingerprint density at radius 2 is 1.56 bits per heavy atom. The van der Waals surface area contributed by atoms with E-state index in [4.69, 9.17) is 5.11 Å². The number of aliphatic hydroxyl groups is 1. The summed E-state index contributed by atoms with van der Waals surface area (Å²) >= 11 is 0. The third-order valence-electron chi connectivity index (χ3n) is 3.13. The Balaban J connectivity index is 2.07. The molecule has 1 heterocycles. The first-order chi connectivity index (χ1) is 8.58. The summed E-state index contributed by atoms with van der Waals surface area (Å²) in [5.74, 6) is -1.12. The highest BCUT2D eigenvalue weighted by atomic mass is 16.4. The zero-order valence-corrected chi connectivity index (χ0v) is 9.87. The average molecular weight is 249 g/mol. The maximum absolute atomic E-state index is 12.1. The van der Waals surface area contributed by atoms with Crippen LogP contribution in [0.1, 0.15) is 33.6 Å². The van der Waals surface area contributed by atoms with Crippen LogP contribution in [-0.4, -0.2) is 46.2 Å². The van der Waals surface area contributed by atoms with Crippen LogP contribution < -0.4 is 0 Å². The van der Waals surface area contributed by atoms with Crippen molar-refractivity contribution in [2.24, 2.45) is 0 Å². The molecule has 0 saturated carbocycles. The maximum Gasteiger partial charge on any atom is 0.335 e. The molecule has 0 aromatic heterocycles. The van der Waals surface area contributed by atoms with Gasteiger partial charge in [0.15, 0.2) is 0 Å². The molecule has 96 valence electrons. The molecule has 2 N–H and O–H groups in total. The van der Waals surface area contributed by atoms with Gasteiger partial charge in [0.2, 0.25) is 0 Å². The lowest BCUT2D eigenvalue weighted by atomic mass is 10.1. The van der Waals surface area contributed by atoms with Crippen molar-refractivity contribution in [2.75, 3.05) is 13.1 Å². The second-order valence-electron chi connectivity index (χ2n) is 4.41. The Hall–Kier alpha value is -1.88. The average Bonchev–Trinajstić information content (AvgIpc) is 2.39. The van der Waals surface area contributed by atoms with Crippen molar-refractivity contribution < 1.29 is 19.8 Å². The third-order valence-corrected chi connectivity index (χ3v) is 3.13. The second kappa shape index (κ2) is 5.18. The molecule has 0 bridgehead atoms. The van der Waals surface area contributed by atoms with Gasteiger partial charge in [-0.05, 0) is 37.1 Å². The van der Waals surface area contributed by atoms with Crippen molar-refractivity contribution in [3.8, 4) is 0 Å². The van der Waals surface area contributed by atoms with Crippen molar-refractivity contribution in [1.29, 1.82) is 0 Å². The minimum absolute atomic E-state index is 0.112. The first kappa shape index (κ1) is 12.6. The summed E-state index contributed by atoms with van der Waals surface area (Å²) in [5, 5.41) is 18.1. The lowest BCUT2D eigenvalue weighted by Crippen LogP contribution is -2.40. The number of aromatic carboxylic acids is 1. The van der Waals surface area contributed by atoms with E-state index in [2.05, 4.69) is 0 Å². The predicted octanol–water partition coefficient (Wildman–Crippen LogP) is 0.982. The van der Waals surface area contributed by atoms with Crippen LogP contribution in [0.15, 0.2) is 24.3 Å². The fourth-order valence-electron chi connectivity index (χ4n) is 2.01. The van der Waals surface area contributed by atoms with Crippen LogP contribution in [0.25, 0.3) is 0 Å². The Bertz CT molecular complexity index is 447. The van der Waals surface area contributed by atoms with Crippen LogP contribution in [0.2, 0.25) is 0 Å². The minimum atomic E-state index is -1.00. The molecule has 1 saturated heterocycles. The second-order valence-corrected chi connectivity index (χ2v) is 4.41. The van der Waals surface area contributed by atoms with Gasteiger partial charge < -0.3 is 15.1 Å². The largest absolute Gasteiger partial charge is 0.478 e. The monoisotopic (exact) mass is 249 g/mol. The fourth-order valence-corrected chi connectivity index (χ4v) is 2.01. The molecular formula is C13H15NO4. The summed E-state index contributed by atoms with van der Waals surface area (Å²) in [6.45, 7) is 1.08. The van der Waals surface area contributed by atoms with E-state index in [0.717, 1.165) is 0 Å². The summed E-state index contributed by atoms with van der Waals surface area (Å²) in [5.41, 5.74) is 0.650. The van der Waals surface area contributed by atoms with Gasteiger partial charge in [-0.15, -0.1) is 0 Å². The van der Waals surface area contributed by atoms with Gasteiger partial charge in [0, 0.05) is 18.7 Å². The molecule has 0 unspecified atom stereocenters. The summed E-state index contributed by atoms with van der Waals surface area (Å²) in [7, 11) is 0. The number of carbonyl (C=O) groups excluding carboxylic acids is 1. The maximum atomic E-state index is 12.1.